The Hall–Kier alpha value is -2.97. The maximum atomic E-state index is 12.1. The molecule has 1 rings (SSSR count). The highest BCUT2D eigenvalue weighted by Crippen LogP contribution is 2.41. The van der Waals surface area contributed by atoms with Gasteiger partial charge in [0, 0.05) is 17.3 Å². The maximum absolute atomic E-state index is 12.1. The van der Waals surface area contributed by atoms with Gasteiger partial charge in [-0.1, -0.05) is 6.92 Å². The Morgan fingerprint density at radius 2 is 1.59 bits per heavy atom. The third kappa shape index (κ3) is 3.19. The summed E-state index contributed by atoms with van der Waals surface area (Å²) in [5.74, 6) is -4.50. The number of benzene rings is 1. The van der Waals surface area contributed by atoms with E-state index in [0.29, 0.717) is 0 Å². The number of ketones is 1. The zero-order valence-electron chi connectivity index (χ0n) is 11.5. The Morgan fingerprint density at radius 3 is 1.95 bits per heavy atom. The Labute approximate surface area is 124 Å². The fraction of sp³-hybridized carbons (Fsp3) is 0.308. The molecule has 1 unspecified atom stereocenters. The largest absolute Gasteiger partial charge is 0.506 e. The van der Waals surface area contributed by atoms with E-state index in [2.05, 4.69) is 0 Å². The summed E-state index contributed by atoms with van der Waals surface area (Å²) in [7, 11) is 0. The molecule has 1 aromatic carbocycles. The molecule has 0 spiro atoms. The lowest BCUT2D eigenvalue weighted by Crippen LogP contribution is -2.16. The molecule has 0 heterocycles. The molecule has 1 atom stereocenters. The molecule has 22 heavy (non-hydrogen) atoms. The van der Waals surface area contributed by atoms with Gasteiger partial charge in [0.05, 0.1) is 11.1 Å². The van der Waals surface area contributed by atoms with Crippen molar-refractivity contribution in [3.8, 4) is 17.2 Å². The Kier molecular flexibility index (Phi) is 5.17. The van der Waals surface area contributed by atoms with Crippen LogP contribution in [0.4, 0.5) is 0 Å². The van der Waals surface area contributed by atoms with Crippen molar-refractivity contribution in [2.45, 2.75) is 13.3 Å². The van der Waals surface area contributed by atoms with Gasteiger partial charge < -0.3 is 15.3 Å². The first-order valence-corrected chi connectivity index (χ1v) is 6.10. The number of nitrogens with zero attached hydrogens (tertiary/aromatic N) is 1. The lowest BCUT2D eigenvalue weighted by molar-refractivity contribution is -0.487. The number of carbonyl (C=O) groups excluding carboxylic acids is 3. The zero-order valence-corrected chi connectivity index (χ0v) is 11.5. The van der Waals surface area contributed by atoms with Gasteiger partial charge in [-0.3, -0.25) is 24.5 Å². The number of phenolic OH excluding ortho intramolecular Hbond substituents is 3. The molecule has 0 saturated heterocycles. The third-order valence-corrected chi connectivity index (χ3v) is 3.00. The van der Waals surface area contributed by atoms with E-state index in [1.165, 1.54) is 6.92 Å². The van der Waals surface area contributed by atoms with Crippen LogP contribution >= 0.6 is 0 Å². The first-order chi connectivity index (χ1) is 10.2. The van der Waals surface area contributed by atoms with Crippen molar-refractivity contribution >= 4 is 18.4 Å². The molecule has 0 radical (unpaired) electrons. The van der Waals surface area contributed by atoms with Gasteiger partial charge >= 0.3 is 0 Å². The fourth-order valence-electron chi connectivity index (χ4n) is 1.98. The van der Waals surface area contributed by atoms with Crippen LogP contribution in [0.15, 0.2) is 0 Å². The average molecular weight is 311 g/mol. The fourth-order valence-corrected chi connectivity index (χ4v) is 1.98. The number of hydrogen-bond acceptors (Lipinski definition) is 8. The average Bonchev–Trinajstić information content (AvgIpc) is 2.38. The lowest BCUT2D eigenvalue weighted by Gasteiger charge is -2.13. The van der Waals surface area contributed by atoms with Gasteiger partial charge in [0.1, 0.15) is 22.8 Å². The van der Waals surface area contributed by atoms with Crippen LogP contribution in [-0.2, 0) is 0 Å². The van der Waals surface area contributed by atoms with E-state index >= 15 is 0 Å². The smallest absolute Gasteiger partial charge is 0.206 e. The van der Waals surface area contributed by atoms with Gasteiger partial charge in [-0.05, 0) is 0 Å². The van der Waals surface area contributed by atoms with Crippen LogP contribution in [0.2, 0.25) is 0 Å². The minimum Gasteiger partial charge on any atom is -0.506 e. The zero-order chi connectivity index (χ0) is 17.0. The van der Waals surface area contributed by atoms with E-state index in [9.17, 15) is 39.8 Å². The summed E-state index contributed by atoms with van der Waals surface area (Å²) in [6.45, 7) is 0.906. The maximum Gasteiger partial charge on any atom is 0.206 e. The summed E-state index contributed by atoms with van der Waals surface area (Å²) in [5.41, 5.74) is -2.16. The van der Waals surface area contributed by atoms with E-state index in [1.54, 1.807) is 0 Å². The molecule has 3 N–H and O–H groups in total. The lowest BCUT2D eigenvalue weighted by atomic mass is 9.94. The first-order valence-electron chi connectivity index (χ1n) is 6.10. The number of hydrogen-bond donors (Lipinski definition) is 3. The van der Waals surface area contributed by atoms with E-state index in [4.69, 9.17) is 0 Å². The second kappa shape index (κ2) is 6.66. The first kappa shape index (κ1) is 17.1. The van der Waals surface area contributed by atoms with Crippen LogP contribution in [0.5, 0.6) is 17.2 Å². The molecule has 0 saturated carbocycles. The summed E-state index contributed by atoms with van der Waals surface area (Å²) in [5, 5.41) is 39.6. The molecule has 0 aromatic heterocycles. The second-order valence-electron chi connectivity index (χ2n) is 4.73. The molecular weight excluding hydrogens is 298 g/mol. The number of Topliss-reactive ketones (excluding diaryl/α,β-unsaturated/α-hetero) is 1. The van der Waals surface area contributed by atoms with Crippen molar-refractivity contribution in [1.82, 2.24) is 0 Å². The van der Waals surface area contributed by atoms with Crippen molar-refractivity contribution in [3.05, 3.63) is 26.8 Å². The Balaban J connectivity index is 3.35. The van der Waals surface area contributed by atoms with Crippen LogP contribution in [0.3, 0.4) is 0 Å². The van der Waals surface area contributed by atoms with Crippen molar-refractivity contribution in [3.63, 3.8) is 0 Å². The monoisotopic (exact) mass is 311 g/mol. The van der Waals surface area contributed by atoms with Crippen molar-refractivity contribution in [1.29, 1.82) is 0 Å². The van der Waals surface area contributed by atoms with Crippen LogP contribution in [0.25, 0.3) is 0 Å². The van der Waals surface area contributed by atoms with Gasteiger partial charge in [-0.2, -0.15) is 0 Å². The van der Waals surface area contributed by atoms with E-state index < -0.39 is 63.5 Å². The number of carbonyl (C=O) groups is 3. The molecule has 9 nitrogen and oxygen atoms in total. The number of nitro groups is 1. The van der Waals surface area contributed by atoms with Crippen LogP contribution < -0.4 is 0 Å². The molecule has 0 aliphatic rings. The van der Waals surface area contributed by atoms with Crippen LogP contribution in [0, 0.1) is 16.0 Å². The molecule has 9 heteroatoms. The predicted molar refractivity (Wildman–Crippen MR) is 72.2 cm³/mol. The highest BCUT2D eigenvalue weighted by Gasteiger charge is 2.28. The summed E-state index contributed by atoms with van der Waals surface area (Å²) in [6.07, 6.45) is -0.355. The quantitative estimate of drug-likeness (QED) is 0.290. The van der Waals surface area contributed by atoms with Gasteiger partial charge in [0.15, 0.2) is 18.4 Å². The van der Waals surface area contributed by atoms with Gasteiger partial charge in [-0.25, -0.2) is 0 Å². The number of phenols is 3. The highest BCUT2D eigenvalue weighted by atomic mass is 16.6. The SMILES string of the molecule is CC(CC(=O)c1c(O)c(C=O)c(O)c(C=O)c1O)C[N+](=O)[O-]. The van der Waals surface area contributed by atoms with Crippen LogP contribution in [-0.4, -0.2) is 45.1 Å². The summed E-state index contributed by atoms with van der Waals surface area (Å²) >= 11 is 0. The van der Waals surface area contributed by atoms with Crippen molar-refractivity contribution < 1.29 is 34.6 Å². The topological polar surface area (TPSA) is 155 Å². The summed E-state index contributed by atoms with van der Waals surface area (Å²) < 4.78 is 0. The normalized spacial score (nSPS) is 11.7. The Bertz CT molecular complexity index is 617. The minimum atomic E-state index is -0.978. The summed E-state index contributed by atoms with van der Waals surface area (Å²) in [6, 6.07) is 0. The molecule has 1 aromatic rings. The molecule has 118 valence electrons. The van der Waals surface area contributed by atoms with Crippen molar-refractivity contribution in [2.24, 2.45) is 5.92 Å². The van der Waals surface area contributed by atoms with E-state index in [-0.39, 0.29) is 12.6 Å². The third-order valence-electron chi connectivity index (χ3n) is 3.00. The van der Waals surface area contributed by atoms with E-state index in [0.717, 1.165) is 0 Å². The summed E-state index contributed by atoms with van der Waals surface area (Å²) in [4.78, 5) is 43.5. The second-order valence-corrected chi connectivity index (χ2v) is 4.73. The molecule has 0 bridgehead atoms. The molecule has 0 fully saturated rings. The van der Waals surface area contributed by atoms with Gasteiger partial charge in [0.2, 0.25) is 6.54 Å². The standard InChI is InChI=1S/C13H13NO8/c1-6(3-14(21)22)2-9(17)10-12(19)7(4-15)11(18)8(5-16)13(10)20/h4-6,18-20H,2-3H2,1H3. The predicted octanol–water partition coefficient (Wildman–Crippen LogP) is 0.914. The number of rotatable bonds is 7. The number of aldehydes is 2. The number of aromatic hydroxyl groups is 3. The highest BCUT2D eigenvalue weighted by molar-refractivity contribution is 6.08. The molecule has 0 amide bonds. The van der Waals surface area contributed by atoms with Gasteiger partial charge in [0.25, 0.3) is 0 Å². The van der Waals surface area contributed by atoms with Crippen LogP contribution in [0.1, 0.15) is 44.4 Å². The molecule has 0 aliphatic carbocycles. The van der Waals surface area contributed by atoms with E-state index in [1.807, 2.05) is 0 Å². The molecule has 0 aliphatic heterocycles. The van der Waals surface area contributed by atoms with Gasteiger partial charge in [-0.15, -0.1) is 0 Å². The Morgan fingerprint density at radius 1 is 1.14 bits per heavy atom. The minimum absolute atomic E-state index is 0.0222. The molecular formula is C13H13NO8. The van der Waals surface area contributed by atoms with Crippen molar-refractivity contribution in [2.75, 3.05) is 6.54 Å².